The van der Waals surface area contributed by atoms with E-state index in [2.05, 4.69) is 4.98 Å². The van der Waals surface area contributed by atoms with Gasteiger partial charge in [-0.15, -0.1) is 0 Å². The highest BCUT2D eigenvalue weighted by atomic mass is 35.5. The summed E-state index contributed by atoms with van der Waals surface area (Å²) in [5, 5.41) is 11.5. The Morgan fingerprint density at radius 2 is 1.70 bits per heavy atom. The second-order valence-electron chi connectivity index (χ2n) is 6.06. The number of halogens is 1. The standard InChI is InChI=1S/C19H22ClNO6/c1-19(26-7-8-27-19)18-15(12(20)5-6-21-18)16(22)11-9-13(23-2)17(25-4)14(10-11)24-3/h5-6,9-10,16,22H,7-8H2,1-4H3. The van der Waals surface area contributed by atoms with E-state index in [-0.39, 0.29) is 0 Å². The quantitative estimate of drug-likeness (QED) is 0.805. The van der Waals surface area contributed by atoms with Crippen molar-refractivity contribution in [3.63, 3.8) is 0 Å². The highest BCUT2D eigenvalue weighted by Gasteiger charge is 2.39. The molecule has 1 fully saturated rings. The van der Waals surface area contributed by atoms with Gasteiger partial charge in [-0.25, -0.2) is 0 Å². The lowest BCUT2D eigenvalue weighted by Crippen LogP contribution is -2.27. The van der Waals surface area contributed by atoms with E-state index in [1.807, 2.05) is 0 Å². The molecule has 1 unspecified atom stereocenters. The Hall–Kier alpha value is -2.06. The molecule has 1 atom stereocenters. The first kappa shape index (κ1) is 19.7. The van der Waals surface area contributed by atoms with Crippen molar-refractivity contribution in [2.45, 2.75) is 18.8 Å². The Morgan fingerprint density at radius 1 is 1.11 bits per heavy atom. The molecule has 1 N–H and O–H groups in total. The molecule has 1 aliphatic rings. The summed E-state index contributed by atoms with van der Waals surface area (Å²) in [5.41, 5.74) is 1.33. The Balaban J connectivity index is 2.13. The Kier molecular flexibility index (Phi) is 5.76. The first-order valence-electron chi connectivity index (χ1n) is 8.36. The highest BCUT2D eigenvalue weighted by molar-refractivity contribution is 6.31. The number of aliphatic hydroxyl groups excluding tert-OH is 1. The van der Waals surface area contributed by atoms with Crippen molar-refractivity contribution < 1.29 is 28.8 Å². The molecule has 0 amide bonds. The number of hydrogen-bond donors (Lipinski definition) is 1. The van der Waals surface area contributed by atoms with E-state index in [0.29, 0.717) is 52.3 Å². The van der Waals surface area contributed by atoms with Gasteiger partial charge < -0.3 is 28.8 Å². The lowest BCUT2D eigenvalue weighted by atomic mass is 9.96. The Morgan fingerprint density at radius 3 is 2.22 bits per heavy atom. The summed E-state index contributed by atoms with van der Waals surface area (Å²) in [7, 11) is 4.54. The van der Waals surface area contributed by atoms with Crippen LogP contribution >= 0.6 is 11.6 Å². The molecule has 0 bridgehead atoms. The van der Waals surface area contributed by atoms with Crippen molar-refractivity contribution in [2.24, 2.45) is 0 Å². The van der Waals surface area contributed by atoms with E-state index in [0.717, 1.165) is 0 Å². The van der Waals surface area contributed by atoms with Gasteiger partial charge in [0, 0.05) is 11.8 Å². The second-order valence-corrected chi connectivity index (χ2v) is 6.47. The van der Waals surface area contributed by atoms with Crippen LogP contribution < -0.4 is 14.2 Å². The molecule has 0 radical (unpaired) electrons. The third kappa shape index (κ3) is 3.55. The molecule has 27 heavy (non-hydrogen) atoms. The zero-order chi connectivity index (χ0) is 19.6. The molecule has 146 valence electrons. The van der Waals surface area contributed by atoms with Gasteiger partial charge in [-0.1, -0.05) is 11.6 Å². The molecule has 1 saturated heterocycles. The molecule has 2 aromatic rings. The lowest BCUT2D eigenvalue weighted by molar-refractivity contribution is -0.154. The minimum Gasteiger partial charge on any atom is -0.493 e. The minimum atomic E-state index is -1.11. The number of hydrogen-bond acceptors (Lipinski definition) is 7. The van der Waals surface area contributed by atoms with Crippen LogP contribution in [0.3, 0.4) is 0 Å². The molecule has 0 spiro atoms. The SMILES string of the molecule is COc1cc(C(O)c2c(Cl)ccnc2C2(C)OCCO2)cc(OC)c1OC. The van der Waals surface area contributed by atoms with Crippen LogP contribution in [0, 0.1) is 0 Å². The first-order chi connectivity index (χ1) is 12.9. The minimum absolute atomic E-state index is 0.349. The fraction of sp³-hybridized carbons (Fsp3) is 0.421. The number of methoxy groups -OCH3 is 3. The smallest absolute Gasteiger partial charge is 0.209 e. The lowest BCUT2D eigenvalue weighted by Gasteiger charge is -2.27. The van der Waals surface area contributed by atoms with Gasteiger partial charge in [0.1, 0.15) is 11.8 Å². The number of aliphatic hydroxyl groups is 1. The average molecular weight is 396 g/mol. The number of rotatable bonds is 6. The van der Waals surface area contributed by atoms with Gasteiger partial charge in [0.05, 0.1) is 39.6 Å². The fourth-order valence-corrected chi connectivity index (χ4v) is 3.40. The van der Waals surface area contributed by atoms with E-state index >= 15 is 0 Å². The Labute approximate surface area is 162 Å². The van der Waals surface area contributed by atoms with Gasteiger partial charge in [-0.05, 0) is 30.7 Å². The van der Waals surface area contributed by atoms with Crippen molar-refractivity contribution >= 4 is 11.6 Å². The van der Waals surface area contributed by atoms with Crippen LogP contribution in [0.2, 0.25) is 5.02 Å². The van der Waals surface area contributed by atoms with Gasteiger partial charge in [0.25, 0.3) is 0 Å². The summed E-state index contributed by atoms with van der Waals surface area (Å²) in [6.45, 7) is 2.62. The maximum atomic E-state index is 11.1. The highest BCUT2D eigenvalue weighted by Crippen LogP contribution is 2.44. The summed E-state index contributed by atoms with van der Waals surface area (Å²) in [5.74, 6) is 0.198. The van der Waals surface area contributed by atoms with E-state index < -0.39 is 11.9 Å². The molecule has 1 aliphatic heterocycles. The van der Waals surface area contributed by atoms with Crippen LogP contribution in [-0.2, 0) is 15.3 Å². The third-order valence-corrected chi connectivity index (χ3v) is 4.81. The number of pyridine rings is 1. The van der Waals surface area contributed by atoms with Gasteiger partial charge in [-0.2, -0.15) is 0 Å². The molecule has 1 aromatic heterocycles. The van der Waals surface area contributed by atoms with Crippen LogP contribution in [-0.4, -0.2) is 44.6 Å². The number of aromatic nitrogens is 1. The number of ether oxygens (including phenoxy) is 5. The number of nitrogens with zero attached hydrogens (tertiary/aromatic N) is 1. The largest absolute Gasteiger partial charge is 0.493 e. The van der Waals surface area contributed by atoms with Crippen molar-refractivity contribution in [1.29, 1.82) is 0 Å². The summed E-state index contributed by atoms with van der Waals surface area (Å²) in [4.78, 5) is 4.38. The summed E-state index contributed by atoms with van der Waals surface area (Å²) >= 11 is 6.42. The first-order valence-corrected chi connectivity index (χ1v) is 8.73. The van der Waals surface area contributed by atoms with Crippen molar-refractivity contribution in [2.75, 3.05) is 34.5 Å². The molecule has 1 aromatic carbocycles. The Bertz CT molecular complexity index is 797. The molecule has 0 aliphatic carbocycles. The van der Waals surface area contributed by atoms with Crippen molar-refractivity contribution in [3.05, 3.63) is 46.2 Å². The third-order valence-electron chi connectivity index (χ3n) is 4.48. The molecule has 8 heteroatoms. The van der Waals surface area contributed by atoms with E-state index in [1.54, 1.807) is 31.3 Å². The average Bonchev–Trinajstić information content (AvgIpc) is 3.13. The van der Waals surface area contributed by atoms with Crippen molar-refractivity contribution in [3.8, 4) is 17.2 Å². The monoisotopic (exact) mass is 395 g/mol. The van der Waals surface area contributed by atoms with E-state index in [1.165, 1.54) is 21.3 Å². The predicted octanol–water partition coefficient (Wildman–Crippen LogP) is 3.06. The van der Waals surface area contributed by atoms with Crippen LogP contribution in [0.4, 0.5) is 0 Å². The van der Waals surface area contributed by atoms with Crippen LogP contribution in [0.25, 0.3) is 0 Å². The molecule has 2 heterocycles. The molecular formula is C19H22ClNO6. The predicted molar refractivity (Wildman–Crippen MR) is 98.7 cm³/mol. The summed E-state index contributed by atoms with van der Waals surface area (Å²) in [6.07, 6.45) is 0.443. The zero-order valence-corrected chi connectivity index (χ0v) is 16.4. The van der Waals surface area contributed by atoms with Crippen molar-refractivity contribution in [1.82, 2.24) is 4.98 Å². The van der Waals surface area contributed by atoms with Crippen LogP contribution in [0.5, 0.6) is 17.2 Å². The number of benzene rings is 1. The molecular weight excluding hydrogens is 374 g/mol. The fourth-order valence-electron chi connectivity index (χ4n) is 3.15. The summed E-state index contributed by atoms with van der Waals surface area (Å²) < 4.78 is 27.5. The molecule has 3 rings (SSSR count). The maximum Gasteiger partial charge on any atom is 0.209 e. The zero-order valence-electron chi connectivity index (χ0n) is 15.6. The normalized spacial score (nSPS) is 16.8. The van der Waals surface area contributed by atoms with Gasteiger partial charge >= 0.3 is 0 Å². The maximum absolute atomic E-state index is 11.1. The van der Waals surface area contributed by atoms with E-state index in [9.17, 15) is 5.11 Å². The van der Waals surface area contributed by atoms with E-state index in [4.69, 9.17) is 35.3 Å². The summed E-state index contributed by atoms with van der Waals surface area (Å²) in [6, 6.07) is 4.94. The van der Waals surface area contributed by atoms with Gasteiger partial charge in [0.2, 0.25) is 11.5 Å². The second kappa shape index (κ2) is 7.90. The van der Waals surface area contributed by atoms with Gasteiger partial charge in [-0.3, -0.25) is 4.98 Å². The van der Waals surface area contributed by atoms with Crippen LogP contribution in [0.1, 0.15) is 29.8 Å². The topological polar surface area (TPSA) is 79.3 Å². The molecule has 0 saturated carbocycles. The van der Waals surface area contributed by atoms with Crippen LogP contribution in [0.15, 0.2) is 24.4 Å². The molecule has 7 nitrogen and oxygen atoms in total. The van der Waals surface area contributed by atoms with Gasteiger partial charge in [0.15, 0.2) is 11.5 Å².